The molecule has 47 heavy (non-hydrogen) atoms. The number of amides is 2. The van der Waals surface area contributed by atoms with E-state index in [9.17, 15) is 18.4 Å². The molecule has 2 amide bonds. The number of carbonyl (C=O) groups is 2. The van der Waals surface area contributed by atoms with Crippen molar-refractivity contribution in [3.05, 3.63) is 95.5 Å². The molecule has 0 aliphatic carbocycles. The highest BCUT2D eigenvalue weighted by atomic mass is 35.5. The van der Waals surface area contributed by atoms with Crippen molar-refractivity contribution in [2.24, 2.45) is 11.8 Å². The molecule has 1 N–H and O–H groups in total. The molecule has 5 heterocycles. The van der Waals surface area contributed by atoms with Gasteiger partial charge >= 0.3 is 6.61 Å². The lowest BCUT2D eigenvalue weighted by Gasteiger charge is -2.21. The molecule has 1 unspecified atom stereocenters. The third-order valence-electron chi connectivity index (χ3n) is 8.72. The van der Waals surface area contributed by atoms with Gasteiger partial charge in [-0.25, -0.2) is 9.50 Å². The molecule has 0 bridgehead atoms. The van der Waals surface area contributed by atoms with E-state index in [4.69, 9.17) is 16.3 Å². The second-order valence-corrected chi connectivity index (χ2v) is 12.3. The van der Waals surface area contributed by atoms with Crippen molar-refractivity contribution in [1.29, 1.82) is 0 Å². The summed E-state index contributed by atoms with van der Waals surface area (Å²) in [6, 6.07) is 16.2. The first-order chi connectivity index (χ1) is 22.8. The Morgan fingerprint density at radius 1 is 1.04 bits per heavy atom. The number of hydrogen-bond acceptors (Lipinski definition) is 7. The van der Waals surface area contributed by atoms with Gasteiger partial charge in [-0.05, 0) is 48.1 Å². The molecular weight excluding hydrogens is 630 g/mol. The molecule has 2 saturated heterocycles. The Labute approximate surface area is 273 Å². The topological polar surface area (TPSA) is 110 Å². The first-order valence-corrected chi connectivity index (χ1v) is 15.6. The van der Waals surface area contributed by atoms with Gasteiger partial charge in [0.25, 0.3) is 5.91 Å². The Morgan fingerprint density at radius 2 is 1.83 bits per heavy atom. The summed E-state index contributed by atoms with van der Waals surface area (Å²) in [6.45, 7) is 0.986. The highest BCUT2D eigenvalue weighted by Gasteiger charge is 2.41. The molecule has 11 nitrogen and oxygen atoms in total. The highest BCUT2D eigenvalue weighted by Crippen LogP contribution is 2.37. The normalized spacial score (nSPS) is 17.8. The zero-order valence-electron chi connectivity index (χ0n) is 25.2. The first kappa shape index (κ1) is 30.8. The molecule has 2 fully saturated rings. The summed E-state index contributed by atoms with van der Waals surface area (Å²) >= 11 is 6.24. The molecule has 14 heteroatoms. The van der Waals surface area contributed by atoms with E-state index in [1.807, 2.05) is 11.0 Å². The van der Waals surface area contributed by atoms with Crippen molar-refractivity contribution in [2.45, 2.75) is 19.6 Å². The summed E-state index contributed by atoms with van der Waals surface area (Å²) < 4.78 is 34.3. The molecule has 2 aliphatic heterocycles. The summed E-state index contributed by atoms with van der Waals surface area (Å²) in [6.07, 6.45) is 7.07. The quantitative estimate of drug-likeness (QED) is 0.231. The summed E-state index contributed by atoms with van der Waals surface area (Å²) in [4.78, 5) is 35.5. The number of rotatable bonds is 10. The van der Waals surface area contributed by atoms with Gasteiger partial charge in [0.1, 0.15) is 23.6 Å². The maximum absolute atomic E-state index is 13.5. The number of alkyl halides is 2. The molecule has 2 aromatic carbocycles. The fourth-order valence-electron chi connectivity index (χ4n) is 6.50. The third-order valence-corrected chi connectivity index (χ3v) is 8.95. The van der Waals surface area contributed by atoms with Crippen LogP contribution in [0, 0.1) is 11.8 Å². The van der Waals surface area contributed by atoms with E-state index >= 15 is 0 Å². The second-order valence-electron chi connectivity index (χ2n) is 11.8. The molecule has 0 spiro atoms. The molecule has 0 radical (unpaired) electrons. The number of likely N-dealkylation sites (tertiary alicyclic amines) is 2. The Balaban J connectivity index is 1.08. The summed E-state index contributed by atoms with van der Waals surface area (Å²) in [7, 11) is 0. The van der Waals surface area contributed by atoms with Crippen molar-refractivity contribution in [3.63, 3.8) is 0 Å². The van der Waals surface area contributed by atoms with Crippen LogP contribution in [0.4, 0.5) is 14.5 Å². The number of benzene rings is 2. The van der Waals surface area contributed by atoms with E-state index in [1.165, 1.54) is 51.6 Å². The van der Waals surface area contributed by atoms with Crippen LogP contribution >= 0.6 is 11.6 Å². The summed E-state index contributed by atoms with van der Waals surface area (Å²) in [5, 5.41) is 11.8. The zero-order chi connectivity index (χ0) is 32.5. The predicted molar refractivity (Wildman–Crippen MR) is 170 cm³/mol. The molecule has 5 aromatic rings. The number of halogens is 3. The predicted octanol–water partition coefficient (Wildman–Crippen LogP) is 4.73. The minimum absolute atomic E-state index is 0.107. The van der Waals surface area contributed by atoms with Gasteiger partial charge < -0.3 is 19.9 Å². The van der Waals surface area contributed by atoms with E-state index in [0.717, 1.165) is 26.1 Å². The number of carbonyl (C=O) groups excluding carboxylic acids is 2. The van der Waals surface area contributed by atoms with Gasteiger partial charge in [-0.2, -0.15) is 19.0 Å². The minimum atomic E-state index is -3.11. The summed E-state index contributed by atoms with van der Waals surface area (Å²) in [5.41, 5.74) is 2.25. The molecule has 2 atom stereocenters. The summed E-state index contributed by atoms with van der Waals surface area (Å²) in [5.74, 6) is -0.0497. The van der Waals surface area contributed by atoms with E-state index in [0.29, 0.717) is 30.6 Å². The van der Waals surface area contributed by atoms with Crippen LogP contribution in [0.25, 0.3) is 16.9 Å². The van der Waals surface area contributed by atoms with Crippen LogP contribution in [0.2, 0.25) is 5.02 Å². The Kier molecular flexibility index (Phi) is 8.56. The molecule has 2 aliphatic rings. The Hall–Kier alpha value is -4.88. The van der Waals surface area contributed by atoms with Crippen LogP contribution in [-0.2, 0) is 17.8 Å². The first-order valence-electron chi connectivity index (χ1n) is 15.3. The van der Waals surface area contributed by atoms with Crippen molar-refractivity contribution in [3.8, 4) is 17.0 Å². The number of aromatic nitrogens is 5. The van der Waals surface area contributed by atoms with E-state index in [-0.39, 0.29) is 45.7 Å². The van der Waals surface area contributed by atoms with Crippen LogP contribution in [0.15, 0.2) is 79.4 Å². The van der Waals surface area contributed by atoms with E-state index in [1.54, 1.807) is 12.3 Å². The lowest BCUT2D eigenvalue weighted by atomic mass is 10.0. The number of ether oxygens (including phenoxy) is 1. The second kappa shape index (κ2) is 13.1. The van der Waals surface area contributed by atoms with Crippen LogP contribution in [-0.4, -0.2) is 85.3 Å². The number of fused-ring (bicyclic) bond motifs is 2. The van der Waals surface area contributed by atoms with Crippen LogP contribution in [0.1, 0.15) is 15.9 Å². The minimum Gasteiger partial charge on any atom is -0.434 e. The highest BCUT2D eigenvalue weighted by molar-refractivity contribution is 6.31. The number of nitrogens with zero attached hydrogens (tertiary/aromatic N) is 7. The average Bonchev–Trinajstić information content (AvgIpc) is 3.84. The largest absolute Gasteiger partial charge is 0.434 e. The van der Waals surface area contributed by atoms with Gasteiger partial charge in [0.15, 0.2) is 5.65 Å². The van der Waals surface area contributed by atoms with Crippen molar-refractivity contribution < 1.29 is 23.1 Å². The van der Waals surface area contributed by atoms with E-state index in [2.05, 4.69) is 49.7 Å². The van der Waals surface area contributed by atoms with Gasteiger partial charge in [0.2, 0.25) is 5.91 Å². The van der Waals surface area contributed by atoms with Crippen molar-refractivity contribution >= 4 is 34.7 Å². The van der Waals surface area contributed by atoms with Crippen molar-refractivity contribution in [2.75, 3.05) is 38.0 Å². The Bertz CT molecular complexity index is 1900. The monoisotopic (exact) mass is 660 g/mol. The van der Waals surface area contributed by atoms with Gasteiger partial charge in [0.05, 0.1) is 11.9 Å². The standard InChI is InChI=1S/C33H31ClF2N8O3/c34-24-7-8-28(47-33(35)36)25(13-24)30-27(39-32(46)26-14-38-44-11-4-10-37-31(26)44)19-43(40-30)20-29(45)42-17-22-15-41(16-23(22)18-42)12-9-21-5-2-1-3-6-21/h1-8,10-11,13-14,19,22-23,33H,9,12,15-18,20H2,(H,39,46)/t22-,23?/m0/s1. The molecule has 242 valence electrons. The van der Waals surface area contributed by atoms with E-state index < -0.39 is 12.5 Å². The number of anilines is 1. The van der Waals surface area contributed by atoms with Crippen LogP contribution in [0.5, 0.6) is 5.75 Å². The molecular formula is C33H31ClF2N8O3. The van der Waals surface area contributed by atoms with Gasteiger partial charge in [-0.3, -0.25) is 14.3 Å². The molecule has 0 saturated carbocycles. The lowest BCUT2D eigenvalue weighted by molar-refractivity contribution is -0.131. The third kappa shape index (κ3) is 6.67. The average molecular weight is 661 g/mol. The van der Waals surface area contributed by atoms with Crippen LogP contribution in [0.3, 0.4) is 0 Å². The number of nitrogens with one attached hydrogen (secondary N) is 1. The Morgan fingerprint density at radius 3 is 2.60 bits per heavy atom. The van der Waals surface area contributed by atoms with Gasteiger partial charge in [0, 0.05) is 61.9 Å². The number of hydrogen-bond donors (Lipinski definition) is 1. The molecule has 7 rings (SSSR count). The maximum Gasteiger partial charge on any atom is 0.387 e. The van der Waals surface area contributed by atoms with Gasteiger partial charge in [-0.1, -0.05) is 41.9 Å². The van der Waals surface area contributed by atoms with Gasteiger partial charge in [-0.15, -0.1) is 0 Å². The zero-order valence-corrected chi connectivity index (χ0v) is 25.9. The SMILES string of the molecule is O=C(Nc1cn(CC(=O)N2CC3CN(CCc4ccccc4)C[C@H]3C2)nc1-c1cc(Cl)ccc1OC(F)F)c1cnn2cccnc12. The smallest absolute Gasteiger partial charge is 0.387 e. The fourth-order valence-corrected chi connectivity index (χ4v) is 6.67. The van der Waals surface area contributed by atoms with Crippen molar-refractivity contribution in [1.82, 2.24) is 34.2 Å². The fraction of sp³-hybridized carbons (Fsp3) is 0.303. The van der Waals surface area contributed by atoms with Crippen LogP contribution < -0.4 is 10.1 Å². The maximum atomic E-state index is 13.5. The lowest BCUT2D eigenvalue weighted by Crippen LogP contribution is -2.35. The molecule has 3 aromatic heterocycles.